The molecule has 0 aromatic carbocycles. The Labute approximate surface area is 206 Å². The molecule has 0 aromatic heterocycles. The van der Waals surface area contributed by atoms with Crippen LogP contribution >= 0.6 is 21.6 Å². The topological polar surface area (TPSA) is 90.9 Å². The molecule has 1 amide bonds. The number of unbranched alkanes of at least 4 members (excludes halogenated alkanes) is 1. The zero-order valence-electron chi connectivity index (χ0n) is 20.7. The standard InChI is InChI=1S/C24H39NO6S2/c1-7-11-20(8-2)22(27)29-16-17(3)18(4)25-23(28)31-19(5)30-21(26)12-9-10-13-24(6)14-15-32-33-24/h7-8,11,17-19H,9-10,12-16H2,1-6H3,(H,25,28). The third-order valence-corrected chi connectivity index (χ3v) is 8.81. The van der Waals surface area contributed by atoms with Crippen LogP contribution in [0.25, 0.3) is 0 Å². The van der Waals surface area contributed by atoms with Crippen LogP contribution < -0.4 is 5.32 Å². The number of hydrogen-bond acceptors (Lipinski definition) is 8. The molecule has 4 atom stereocenters. The quantitative estimate of drug-likeness (QED) is 0.0846. The summed E-state index contributed by atoms with van der Waals surface area (Å²) in [5.74, 6) is 0.272. The molecule has 0 spiro atoms. The summed E-state index contributed by atoms with van der Waals surface area (Å²) in [7, 11) is 3.86. The van der Waals surface area contributed by atoms with Gasteiger partial charge in [0.1, 0.15) is 0 Å². The van der Waals surface area contributed by atoms with Crippen molar-refractivity contribution >= 4 is 39.6 Å². The highest BCUT2D eigenvalue weighted by Gasteiger charge is 2.29. The first kappa shape index (κ1) is 29.4. The van der Waals surface area contributed by atoms with Crippen molar-refractivity contribution in [2.45, 2.75) is 90.7 Å². The normalized spacial score (nSPS) is 21.3. The Morgan fingerprint density at radius 1 is 1.12 bits per heavy atom. The molecule has 1 N–H and O–H groups in total. The second kappa shape index (κ2) is 15.3. The van der Waals surface area contributed by atoms with E-state index in [1.54, 1.807) is 32.1 Å². The van der Waals surface area contributed by atoms with Gasteiger partial charge in [0.2, 0.25) is 6.29 Å². The lowest BCUT2D eigenvalue weighted by atomic mass is 9.99. The van der Waals surface area contributed by atoms with Gasteiger partial charge in [-0.3, -0.25) is 4.79 Å². The lowest BCUT2D eigenvalue weighted by molar-refractivity contribution is -0.165. The number of carbonyl (C=O) groups excluding carboxylic acids is 3. The SMILES string of the molecule is CC=CC(=CC)C(=O)OCC(C)C(C)NC(=O)OC(C)OC(=O)CCCCC1(C)CCSS1. The molecular weight excluding hydrogens is 462 g/mol. The fourth-order valence-electron chi connectivity index (χ4n) is 3.10. The van der Waals surface area contributed by atoms with Crippen molar-refractivity contribution in [3.05, 3.63) is 23.8 Å². The van der Waals surface area contributed by atoms with Gasteiger partial charge in [0.25, 0.3) is 0 Å². The van der Waals surface area contributed by atoms with Gasteiger partial charge in [-0.05, 0) is 47.0 Å². The summed E-state index contributed by atoms with van der Waals surface area (Å²) >= 11 is 0. The van der Waals surface area contributed by atoms with Crippen molar-refractivity contribution in [2.75, 3.05) is 12.4 Å². The number of nitrogens with one attached hydrogen (secondary N) is 1. The van der Waals surface area contributed by atoms with E-state index < -0.39 is 18.4 Å². The molecule has 1 aliphatic rings. The monoisotopic (exact) mass is 501 g/mol. The number of esters is 2. The average Bonchev–Trinajstić information content (AvgIpc) is 3.19. The summed E-state index contributed by atoms with van der Waals surface area (Å²) in [5.41, 5.74) is 0.478. The summed E-state index contributed by atoms with van der Waals surface area (Å²) in [6.07, 6.45) is 7.80. The van der Waals surface area contributed by atoms with E-state index >= 15 is 0 Å². The number of hydrogen-bond donors (Lipinski definition) is 1. The first-order valence-electron chi connectivity index (χ1n) is 11.5. The van der Waals surface area contributed by atoms with Gasteiger partial charge in [-0.15, -0.1) is 0 Å². The summed E-state index contributed by atoms with van der Waals surface area (Å²) < 4.78 is 15.9. The van der Waals surface area contributed by atoms with Gasteiger partial charge in [-0.2, -0.15) is 0 Å². The highest BCUT2D eigenvalue weighted by Crippen LogP contribution is 2.49. The Kier molecular flexibility index (Phi) is 13.7. The fraction of sp³-hybridized carbons (Fsp3) is 0.708. The predicted molar refractivity (Wildman–Crippen MR) is 135 cm³/mol. The van der Waals surface area contributed by atoms with Crippen LogP contribution in [0.15, 0.2) is 23.8 Å². The first-order chi connectivity index (χ1) is 15.6. The Bertz CT molecular complexity index is 703. The van der Waals surface area contributed by atoms with Crippen molar-refractivity contribution in [1.82, 2.24) is 5.32 Å². The highest BCUT2D eigenvalue weighted by atomic mass is 33.1. The molecule has 0 bridgehead atoms. The average molecular weight is 502 g/mol. The first-order valence-corrected chi connectivity index (χ1v) is 13.9. The molecule has 0 radical (unpaired) electrons. The Morgan fingerprint density at radius 2 is 1.85 bits per heavy atom. The number of allylic oxidation sites excluding steroid dienone is 2. The minimum atomic E-state index is -0.977. The number of amides is 1. The Hall–Kier alpha value is -1.61. The second-order valence-corrected chi connectivity index (χ2v) is 11.5. The molecule has 188 valence electrons. The molecule has 1 fully saturated rings. The maximum atomic E-state index is 12.1. The van der Waals surface area contributed by atoms with Crippen molar-refractivity contribution in [3.63, 3.8) is 0 Å². The van der Waals surface area contributed by atoms with Gasteiger partial charge in [-0.1, -0.05) is 53.2 Å². The predicted octanol–water partition coefficient (Wildman–Crippen LogP) is 5.80. The molecule has 1 heterocycles. The second-order valence-electron chi connectivity index (χ2n) is 8.53. The summed E-state index contributed by atoms with van der Waals surface area (Å²) in [6, 6.07) is -0.308. The maximum absolute atomic E-state index is 12.1. The zero-order valence-corrected chi connectivity index (χ0v) is 22.3. The van der Waals surface area contributed by atoms with E-state index in [9.17, 15) is 14.4 Å². The van der Waals surface area contributed by atoms with Gasteiger partial charge in [0, 0.05) is 35.8 Å². The lowest BCUT2D eigenvalue weighted by Gasteiger charge is -2.22. The minimum absolute atomic E-state index is 0.138. The molecule has 0 aromatic rings. The molecule has 9 heteroatoms. The smallest absolute Gasteiger partial charge is 0.410 e. The molecule has 1 rings (SSSR count). The number of alkyl carbamates (subject to hydrolysis) is 1. The highest BCUT2D eigenvalue weighted by molar-refractivity contribution is 8.77. The van der Waals surface area contributed by atoms with Gasteiger partial charge >= 0.3 is 18.0 Å². The van der Waals surface area contributed by atoms with E-state index in [2.05, 4.69) is 12.2 Å². The number of carbonyl (C=O) groups is 3. The third-order valence-electron chi connectivity index (χ3n) is 5.45. The minimum Gasteiger partial charge on any atom is -0.462 e. The van der Waals surface area contributed by atoms with Gasteiger partial charge < -0.3 is 19.5 Å². The van der Waals surface area contributed by atoms with E-state index in [0.717, 1.165) is 19.3 Å². The van der Waals surface area contributed by atoms with E-state index in [1.807, 2.05) is 35.4 Å². The Morgan fingerprint density at radius 3 is 2.45 bits per heavy atom. The van der Waals surface area contributed by atoms with Gasteiger partial charge in [0.05, 0.1) is 12.2 Å². The molecule has 1 aliphatic heterocycles. The van der Waals surface area contributed by atoms with Crippen LogP contribution in [0.1, 0.15) is 73.6 Å². The maximum Gasteiger partial charge on any atom is 0.410 e. The van der Waals surface area contributed by atoms with Crippen LogP contribution in [-0.4, -0.2) is 47.5 Å². The van der Waals surface area contributed by atoms with Crippen molar-refractivity contribution in [3.8, 4) is 0 Å². The van der Waals surface area contributed by atoms with Gasteiger partial charge in [0.15, 0.2) is 0 Å². The van der Waals surface area contributed by atoms with Crippen LogP contribution in [-0.2, 0) is 23.8 Å². The van der Waals surface area contributed by atoms with Crippen molar-refractivity contribution < 1.29 is 28.6 Å². The molecule has 0 aliphatic carbocycles. The Balaban J connectivity index is 2.25. The molecule has 4 unspecified atom stereocenters. The van der Waals surface area contributed by atoms with Crippen LogP contribution in [0.3, 0.4) is 0 Å². The molecule has 1 saturated heterocycles. The largest absolute Gasteiger partial charge is 0.462 e. The summed E-state index contributed by atoms with van der Waals surface area (Å²) in [5, 5.41) is 2.69. The third kappa shape index (κ3) is 11.9. The molecular formula is C24H39NO6S2. The number of rotatable bonds is 13. The van der Waals surface area contributed by atoms with Crippen LogP contribution in [0.4, 0.5) is 4.79 Å². The van der Waals surface area contributed by atoms with E-state index in [1.165, 1.54) is 19.1 Å². The van der Waals surface area contributed by atoms with Crippen LogP contribution in [0.2, 0.25) is 0 Å². The number of ether oxygens (including phenoxy) is 3. The zero-order chi connectivity index (χ0) is 24.9. The molecule has 33 heavy (non-hydrogen) atoms. The molecule has 0 saturated carbocycles. The van der Waals surface area contributed by atoms with Crippen LogP contribution in [0, 0.1) is 5.92 Å². The van der Waals surface area contributed by atoms with E-state index in [-0.39, 0.29) is 24.5 Å². The summed E-state index contributed by atoms with van der Waals surface area (Å²) in [4.78, 5) is 36.2. The van der Waals surface area contributed by atoms with Gasteiger partial charge in [-0.25, -0.2) is 9.59 Å². The van der Waals surface area contributed by atoms with Crippen molar-refractivity contribution in [2.24, 2.45) is 5.92 Å². The summed E-state index contributed by atoms with van der Waals surface area (Å²) in [6.45, 7) is 11.2. The van der Waals surface area contributed by atoms with Crippen molar-refractivity contribution in [1.29, 1.82) is 0 Å². The van der Waals surface area contributed by atoms with Crippen LogP contribution in [0.5, 0.6) is 0 Å². The fourth-order valence-corrected chi connectivity index (χ4v) is 6.39. The molecule has 7 nitrogen and oxygen atoms in total. The lowest BCUT2D eigenvalue weighted by Crippen LogP contribution is -2.41. The van der Waals surface area contributed by atoms with E-state index in [0.29, 0.717) is 16.7 Å². The van der Waals surface area contributed by atoms with E-state index in [4.69, 9.17) is 14.2 Å².